The number of carbonyl (C=O) groups excluding carboxylic acids is 1. The molecule has 1 amide bonds. The van der Waals surface area contributed by atoms with Crippen LogP contribution in [0.2, 0.25) is 0 Å². The second-order valence-corrected chi connectivity index (χ2v) is 5.91. The second kappa shape index (κ2) is 7.36. The van der Waals surface area contributed by atoms with Gasteiger partial charge in [0.25, 0.3) is 0 Å². The van der Waals surface area contributed by atoms with Crippen molar-refractivity contribution >= 4 is 5.91 Å². The van der Waals surface area contributed by atoms with Crippen molar-refractivity contribution in [3.63, 3.8) is 0 Å². The lowest BCUT2D eigenvalue weighted by Gasteiger charge is -2.10. The number of benzene rings is 1. The summed E-state index contributed by atoms with van der Waals surface area (Å²) >= 11 is 0. The Morgan fingerprint density at radius 1 is 1.24 bits per heavy atom. The number of nitrogens with zero attached hydrogens (tertiary/aromatic N) is 2. The fourth-order valence-electron chi connectivity index (χ4n) is 2.77. The quantitative estimate of drug-likeness (QED) is 0.723. The topological polar surface area (TPSA) is 80.3 Å². The summed E-state index contributed by atoms with van der Waals surface area (Å²) in [6.07, 6.45) is 0.855. The number of hydrogen-bond acceptors (Lipinski definition) is 4. The van der Waals surface area contributed by atoms with Crippen LogP contribution in [0.3, 0.4) is 0 Å². The normalized spacial score (nSPS) is 12.1. The van der Waals surface area contributed by atoms with Gasteiger partial charge in [-0.05, 0) is 38.1 Å². The maximum absolute atomic E-state index is 12.2. The number of aliphatic hydroxyl groups excluding tert-OH is 1. The molecule has 2 aromatic heterocycles. The molecule has 1 atom stereocenters. The van der Waals surface area contributed by atoms with Gasteiger partial charge in [0, 0.05) is 11.3 Å². The number of carbonyl (C=O) groups is 1. The maximum Gasteiger partial charge on any atom is 0.224 e. The standard InChI is InChI=1S/C19H21N3O3/c1-13-16(14(2)22(21-13)15-7-4-3-5-8-15)11-19(24)20-12-17(23)18-9-6-10-25-18/h3-10,17,23H,11-12H2,1-2H3,(H,20,24)/t17-/m1/s1. The summed E-state index contributed by atoms with van der Waals surface area (Å²) in [5, 5.41) is 17.2. The first-order chi connectivity index (χ1) is 12.1. The van der Waals surface area contributed by atoms with Gasteiger partial charge in [-0.1, -0.05) is 18.2 Å². The zero-order valence-corrected chi connectivity index (χ0v) is 14.3. The van der Waals surface area contributed by atoms with Gasteiger partial charge in [-0.25, -0.2) is 4.68 Å². The lowest BCUT2D eigenvalue weighted by Crippen LogP contribution is -2.29. The highest BCUT2D eigenvalue weighted by molar-refractivity contribution is 5.79. The number of nitrogens with one attached hydrogen (secondary N) is 1. The molecule has 0 radical (unpaired) electrons. The summed E-state index contributed by atoms with van der Waals surface area (Å²) in [6, 6.07) is 13.2. The molecule has 130 valence electrons. The average Bonchev–Trinajstić information content (AvgIpc) is 3.25. The molecule has 6 nitrogen and oxygen atoms in total. The minimum absolute atomic E-state index is 0.108. The van der Waals surface area contributed by atoms with Crippen LogP contribution in [-0.2, 0) is 11.2 Å². The lowest BCUT2D eigenvalue weighted by atomic mass is 10.1. The zero-order chi connectivity index (χ0) is 17.8. The Bertz CT molecular complexity index is 838. The molecule has 0 fully saturated rings. The van der Waals surface area contributed by atoms with E-state index in [1.165, 1.54) is 6.26 Å². The first-order valence-corrected chi connectivity index (χ1v) is 8.15. The molecule has 3 rings (SSSR count). The molecule has 0 aliphatic rings. The van der Waals surface area contributed by atoms with Crippen LogP contribution < -0.4 is 5.32 Å². The summed E-state index contributed by atoms with van der Waals surface area (Å²) in [6.45, 7) is 3.96. The largest absolute Gasteiger partial charge is 0.467 e. The first-order valence-electron chi connectivity index (χ1n) is 8.15. The third-order valence-corrected chi connectivity index (χ3v) is 4.14. The lowest BCUT2D eigenvalue weighted by molar-refractivity contribution is -0.121. The SMILES string of the molecule is Cc1nn(-c2ccccc2)c(C)c1CC(=O)NC[C@@H](O)c1ccco1. The molecule has 0 spiro atoms. The molecular weight excluding hydrogens is 318 g/mol. The zero-order valence-electron chi connectivity index (χ0n) is 14.3. The number of aliphatic hydroxyl groups is 1. The Hall–Kier alpha value is -2.86. The summed E-state index contributed by atoms with van der Waals surface area (Å²) in [5.41, 5.74) is 3.62. The monoisotopic (exact) mass is 339 g/mol. The van der Waals surface area contributed by atoms with Gasteiger partial charge in [0.15, 0.2) is 0 Å². The number of rotatable bonds is 6. The molecule has 2 heterocycles. The van der Waals surface area contributed by atoms with Crippen LogP contribution in [0.1, 0.15) is 28.8 Å². The molecule has 25 heavy (non-hydrogen) atoms. The van der Waals surface area contributed by atoms with Crippen LogP contribution in [0.15, 0.2) is 53.1 Å². The molecule has 2 N–H and O–H groups in total. The Labute approximate surface area is 146 Å². The van der Waals surface area contributed by atoms with Crippen molar-refractivity contribution < 1.29 is 14.3 Å². The molecule has 6 heteroatoms. The summed E-state index contributed by atoms with van der Waals surface area (Å²) in [7, 11) is 0. The molecule has 0 saturated carbocycles. The summed E-state index contributed by atoms with van der Waals surface area (Å²) < 4.78 is 6.96. The van der Waals surface area contributed by atoms with E-state index in [0.717, 1.165) is 22.6 Å². The summed E-state index contributed by atoms with van der Waals surface area (Å²) in [4.78, 5) is 12.2. The molecule has 3 aromatic rings. The molecule has 0 aliphatic carbocycles. The van der Waals surface area contributed by atoms with E-state index in [4.69, 9.17) is 4.42 Å². The van der Waals surface area contributed by atoms with Gasteiger partial charge in [-0.3, -0.25) is 4.79 Å². The number of aryl methyl sites for hydroxylation is 1. The van der Waals surface area contributed by atoms with Crippen LogP contribution in [0.4, 0.5) is 0 Å². The third kappa shape index (κ3) is 3.80. The minimum atomic E-state index is -0.854. The van der Waals surface area contributed by atoms with E-state index >= 15 is 0 Å². The van der Waals surface area contributed by atoms with Crippen molar-refractivity contribution in [1.29, 1.82) is 0 Å². The number of furan rings is 1. The number of aromatic nitrogens is 2. The number of amides is 1. The minimum Gasteiger partial charge on any atom is -0.467 e. The second-order valence-electron chi connectivity index (χ2n) is 5.91. The van der Waals surface area contributed by atoms with Crippen molar-refractivity contribution in [2.45, 2.75) is 26.4 Å². The predicted octanol–water partition coefficient (Wildman–Crippen LogP) is 2.47. The van der Waals surface area contributed by atoms with Gasteiger partial charge in [0.1, 0.15) is 11.9 Å². The van der Waals surface area contributed by atoms with Crippen molar-refractivity contribution in [1.82, 2.24) is 15.1 Å². The van der Waals surface area contributed by atoms with Crippen molar-refractivity contribution in [3.05, 3.63) is 71.4 Å². The Kier molecular flexibility index (Phi) is 5.00. The van der Waals surface area contributed by atoms with E-state index in [2.05, 4.69) is 10.4 Å². The van der Waals surface area contributed by atoms with Gasteiger partial charge >= 0.3 is 0 Å². The van der Waals surface area contributed by atoms with Crippen LogP contribution in [0.5, 0.6) is 0 Å². The van der Waals surface area contributed by atoms with E-state index in [9.17, 15) is 9.90 Å². The molecule has 0 saturated heterocycles. The summed E-state index contributed by atoms with van der Waals surface area (Å²) in [5.74, 6) is 0.272. The van der Waals surface area contributed by atoms with Gasteiger partial charge in [0.05, 0.1) is 30.6 Å². The van der Waals surface area contributed by atoms with Crippen LogP contribution in [0.25, 0.3) is 5.69 Å². The predicted molar refractivity (Wildman–Crippen MR) is 93.4 cm³/mol. The Balaban J connectivity index is 1.66. The third-order valence-electron chi connectivity index (χ3n) is 4.14. The molecule has 1 aromatic carbocycles. The van der Waals surface area contributed by atoms with Gasteiger partial charge in [0.2, 0.25) is 5.91 Å². The van der Waals surface area contributed by atoms with Gasteiger partial charge < -0.3 is 14.8 Å². The van der Waals surface area contributed by atoms with E-state index < -0.39 is 6.10 Å². The highest BCUT2D eigenvalue weighted by atomic mass is 16.4. The van der Waals surface area contributed by atoms with E-state index in [1.54, 1.807) is 12.1 Å². The van der Waals surface area contributed by atoms with Crippen LogP contribution >= 0.6 is 0 Å². The highest BCUT2D eigenvalue weighted by Gasteiger charge is 2.17. The van der Waals surface area contributed by atoms with E-state index in [0.29, 0.717) is 5.76 Å². The van der Waals surface area contributed by atoms with Crippen LogP contribution in [-0.4, -0.2) is 27.3 Å². The molecule has 0 unspecified atom stereocenters. The maximum atomic E-state index is 12.2. The molecular formula is C19H21N3O3. The number of hydrogen-bond donors (Lipinski definition) is 2. The average molecular weight is 339 g/mol. The highest BCUT2D eigenvalue weighted by Crippen LogP contribution is 2.18. The van der Waals surface area contributed by atoms with Gasteiger partial charge in [-0.2, -0.15) is 5.10 Å². The number of para-hydroxylation sites is 1. The van der Waals surface area contributed by atoms with Crippen LogP contribution in [0, 0.1) is 13.8 Å². The Morgan fingerprint density at radius 3 is 2.68 bits per heavy atom. The fraction of sp³-hybridized carbons (Fsp3) is 0.263. The van der Waals surface area contributed by atoms with Crippen molar-refractivity contribution in [3.8, 4) is 5.69 Å². The van der Waals surface area contributed by atoms with Crippen molar-refractivity contribution in [2.75, 3.05) is 6.54 Å². The van der Waals surface area contributed by atoms with E-state index in [-0.39, 0.29) is 18.9 Å². The molecule has 0 bridgehead atoms. The van der Waals surface area contributed by atoms with Crippen molar-refractivity contribution in [2.24, 2.45) is 0 Å². The fourth-order valence-corrected chi connectivity index (χ4v) is 2.77. The Morgan fingerprint density at radius 2 is 2.00 bits per heavy atom. The van der Waals surface area contributed by atoms with E-state index in [1.807, 2.05) is 48.9 Å². The van der Waals surface area contributed by atoms with Gasteiger partial charge in [-0.15, -0.1) is 0 Å². The first kappa shape index (κ1) is 17.0. The smallest absolute Gasteiger partial charge is 0.224 e. The molecule has 0 aliphatic heterocycles.